The van der Waals surface area contributed by atoms with Gasteiger partial charge in [0.05, 0.1) is 5.75 Å². The Kier molecular flexibility index (Phi) is 8.14. The molecule has 2 aromatic rings. The number of β-lactam (4-membered cyclic amide) rings is 1. The fourth-order valence-electron chi connectivity index (χ4n) is 3.10. The minimum atomic E-state index is -0.808. The van der Waals surface area contributed by atoms with Gasteiger partial charge in [0.15, 0.2) is 0 Å². The van der Waals surface area contributed by atoms with E-state index in [1.165, 1.54) is 40.2 Å². The first-order valence-corrected chi connectivity index (χ1v) is 14.4. The van der Waals surface area contributed by atoms with Gasteiger partial charge in [0.25, 0.3) is 0 Å². The summed E-state index contributed by atoms with van der Waals surface area (Å²) in [5.74, 6) is -1.30. The minimum absolute atomic E-state index is 0.0102. The van der Waals surface area contributed by atoms with Gasteiger partial charge in [0.2, 0.25) is 5.91 Å². The largest absolute Gasteiger partial charge is 0.388 e. The Bertz CT molecular complexity index is 1130. The third-order valence-corrected chi connectivity index (χ3v) is 10.9. The molecule has 0 aromatic heterocycles. The Morgan fingerprint density at radius 3 is 2.38 bits per heavy atom. The van der Waals surface area contributed by atoms with Crippen molar-refractivity contribution in [2.75, 3.05) is 11.5 Å². The summed E-state index contributed by atoms with van der Waals surface area (Å²) in [6, 6.07) is 14.8. The maximum Gasteiger partial charge on any atom is 0.363 e. The lowest BCUT2D eigenvalue weighted by Crippen LogP contribution is -2.68. The maximum absolute atomic E-state index is 13.0. The number of esters is 2. The van der Waals surface area contributed by atoms with Crippen molar-refractivity contribution in [1.82, 2.24) is 4.90 Å². The number of amides is 1. The van der Waals surface area contributed by atoms with Gasteiger partial charge in [-0.25, -0.2) is 4.79 Å². The van der Waals surface area contributed by atoms with Crippen LogP contribution in [0.4, 0.5) is 0 Å². The molecule has 0 saturated carbocycles. The fraction of sp³-hybridized carbons (Fsp3) is 0.190. The van der Waals surface area contributed by atoms with Gasteiger partial charge in [0, 0.05) is 27.6 Å². The van der Waals surface area contributed by atoms with Gasteiger partial charge in [-0.15, -0.1) is 23.5 Å². The number of benzene rings is 2. The number of nitrogens with two attached hydrogens (primary N) is 1. The van der Waals surface area contributed by atoms with E-state index in [2.05, 4.69) is 45.2 Å². The quantitative estimate of drug-likeness (QED) is 0.156. The molecule has 1 saturated heterocycles. The third-order valence-electron chi connectivity index (χ3n) is 4.63. The number of nitrogens with zero attached hydrogens (tertiary/aromatic N) is 1. The zero-order chi connectivity index (χ0) is 22.8. The van der Waals surface area contributed by atoms with E-state index in [0.29, 0.717) is 10.7 Å². The summed E-state index contributed by atoms with van der Waals surface area (Å²) in [5.41, 5.74) is 6.05. The highest BCUT2D eigenvalue weighted by Gasteiger charge is 2.52. The van der Waals surface area contributed by atoms with Crippen LogP contribution in [0.1, 0.15) is 0 Å². The molecular weight excluding hydrogens is 694 g/mol. The van der Waals surface area contributed by atoms with Crippen LogP contribution in [0.5, 0.6) is 0 Å². The predicted octanol–water partition coefficient (Wildman–Crippen LogP) is 4.30. The first-order chi connectivity index (χ1) is 15.4. The van der Waals surface area contributed by atoms with Crippen molar-refractivity contribution in [3.63, 3.8) is 0 Å². The molecule has 11 heteroatoms. The molecule has 0 bridgehead atoms. The molecule has 0 spiro atoms. The molecule has 0 radical (unpaired) electrons. The van der Waals surface area contributed by atoms with Crippen molar-refractivity contribution >= 4 is 98.3 Å². The van der Waals surface area contributed by atoms with Crippen LogP contribution in [-0.4, -0.2) is 45.7 Å². The molecule has 1 unspecified atom stereocenters. The van der Waals surface area contributed by atoms with Crippen LogP contribution >= 0.6 is 80.5 Å². The number of hydrogen-bond acceptors (Lipinski definition) is 8. The molecule has 2 atom stereocenters. The second-order valence-electron chi connectivity index (χ2n) is 6.72. The fourth-order valence-corrected chi connectivity index (χ4v) is 7.82. The molecule has 2 aliphatic rings. The standard InChI is InChI=1S/C21H16I2N2O4S3/c22-11-5-1-3-7-13(11)30-10-16(26)29-21(28)18-15(32-14-8-4-2-6-12(14)23)9-31-20-17(24)19(27)25(18)20/h1-8,17,20H,9-10,24H2/t17?,20-/m0/s1. The molecule has 1 amide bonds. The molecule has 32 heavy (non-hydrogen) atoms. The molecule has 2 N–H and O–H groups in total. The predicted molar refractivity (Wildman–Crippen MR) is 144 cm³/mol. The summed E-state index contributed by atoms with van der Waals surface area (Å²) in [7, 11) is 0. The van der Waals surface area contributed by atoms with Crippen LogP contribution in [0.2, 0.25) is 0 Å². The van der Waals surface area contributed by atoms with Gasteiger partial charge in [0.1, 0.15) is 17.1 Å². The second-order valence-corrected chi connectivity index (χ2v) is 12.3. The summed E-state index contributed by atoms with van der Waals surface area (Å²) >= 11 is 8.64. The van der Waals surface area contributed by atoms with Crippen LogP contribution in [0, 0.1) is 7.14 Å². The number of carbonyl (C=O) groups is 3. The van der Waals surface area contributed by atoms with E-state index < -0.39 is 18.0 Å². The van der Waals surface area contributed by atoms with Gasteiger partial charge in [-0.2, -0.15) is 0 Å². The number of carbonyl (C=O) groups excluding carboxylic acids is 3. The van der Waals surface area contributed by atoms with Crippen molar-refractivity contribution < 1.29 is 19.1 Å². The highest BCUT2D eigenvalue weighted by atomic mass is 127. The average Bonchev–Trinajstić information content (AvgIpc) is 2.79. The Labute approximate surface area is 225 Å². The van der Waals surface area contributed by atoms with E-state index in [4.69, 9.17) is 10.5 Å². The van der Waals surface area contributed by atoms with E-state index >= 15 is 0 Å². The number of ether oxygens (including phenoxy) is 1. The molecule has 6 nitrogen and oxygen atoms in total. The molecule has 2 heterocycles. The van der Waals surface area contributed by atoms with Crippen LogP contribution in [0.25, 0.3) is 0 Å². The summed E-state index contributed by atoms with van der Waals surface area (Å²) in [6.07, 6.45) is 0. The molecule has 2 aromatic carbocycles. The molecule has 1 fully saturated rings. The minimum Gasteiger partial charge on any atom is -0.388 e. The summed E-state index contributed by atoms with van der Waals surface area (Å²) in [4.78, 5) is 41.9. The SMILES string of the molecule is NC1C(=O)N2C(C(=O)OC(=O)CSc3ccccc3I)=C(Sc3ccccc3I)CS[C@@H]12. The topological polar surface area (TPSA) is 89.7 Å². The summed E-state index contributed by atoms with van der Waals surface area (Å²) in [6.45, 7) is 0. The van der Waals surface area contributed by atoms with Crippen molar-refractivity contribution in [3.05, 3.63) is 66.3 Å². The van der Waals surface area contributed by atoms with Crippen molar-refractivity contribution in [1.29, 1.82) is 0 Å². The van der Waals surface area contributed by atoms with Gasteiger partial charge in [-0.1, -0.05) is 36.0 Å². The first kappa shape index (κ1) is 24.4. The smallest absolute Gasteiger partial charge is 0.363 e. The van der Waals surface area contributed by atoms with Crippen LogP contribution in [0.3, 0.4) is 0 Å². The highest BCUT2D eigenvalue weighted by Crippen LogP contribution is 2.45. The van der Waals surface area contributed by atoms with E-state index in [1.807, 2.05) is 48.5 Å². The number of halogens is 2. The molecular formula is C21H16I2N2O4S3. The molecule has 166 valence electrons. The highest BCUT2D eigenvalue weighted by molar-refractivity contribution is 14.1. The van der Waals surface area contributed by atoms with E-state index in [0.717, 1.165) is 16.9 Å². The molecule has 0 aliphatic carbocycles. The summed E-state index contributed by atoms with van der Waals surface area (Å²) in [5, 5.41) is -0.320. The zero-order valence-corrected chi connectivity index (χ0v) is 23.1. The molecule has 4 rings (SSSR count). The van der Waals surface area contributed by atoms with Gasteiger partial charge >= 0.3 is 11.9 Å². The van der Waals surface area contributed by atoms with Crippen molar-refractivity contribution in [3.8, 4) is 0 Å². The number of thioether (sulfide) groups is 3. The Balaban J connectivity index is 1.53. The van der Waals surface area contributed by atoms with Crippen LogP contribution in [-0.2, 0) is 19.1 Å². The normalized spacial score (nSPS) is 20.0. The van der Waals surface area contributed by atoms with Crippen molar-refractivity contribution in [2.45, 2.75) is 21.2 Å². The number of fused-ring (bicyclic) bond motifs is 1. The van der Waals surface area contributed by atoms with E-state index in [-0.39, 0.29) is 22.7 Å². The average molecular weight is 710 g/mol. The maximum atomic E-state index is 13.0. The Morgan fingerprint density at radius 2 is 1.72 bits per heavy atom. The monoisotopic (exact) mass is 710 g/mol. The Morgan fingerprint density at radius 1 is 1.09 bits per heavy atom. The van der Waals surface area contributed by atoms with E-state index in [1.54, 1.807) is 0 Å². The van der Waals surface area contributed by atoms with E-state index in [9.17, 15) is 14.4 Å². The van der Waals surface area contributed by atoms with Gasteiger partial charge in [-0.05, 0) is 69.4 Å². The number of hydrogen-bond donors (Lipinski definition) is 1. The third kappa shape index (κ3) is 5.17. The first-order valence-electron chi connectivity index (χ1n) is 9.35. The lowest BCUT2D eigenvalue weighted by Gasteiger charge is -2.48. The van der Waals surface area contributed by atoms with Crippen LogP contribution in [0.15, 0.2) is 68.9 Å². The van der Waals surface area contributed by atoms with Crippen molar-refractivity contribution in [2.24, 2.45) is 5.73 Å². The summed E-state index contributed by atoms with van der Waals surface area (Å²) < 4.78 is 7.21. The van der Waals surface area contributed by atoms with Gasteiger partial charge < -0.3 is 10.5 Å². The number of rotatable bonds is 6. The lowest BCUT2D eigenvalue weighted by molar-refractivity contribution is -0.159. The zero-order valence-electron chi connectivity index (χ0n) is 16.3. The lowest BCUT2D eigenvalue weighted by atomic mass is 10.1. The van der Waals surface area contributed by atoms with Gasteiger partial charge in [-0.3, -0.25) is 14.5 Å². The Hall–Kier alpha value is -0.740. The van der Waals surface area contributed by atoms with Crippen LogP contribution < -0.4 is 5.73 Å². The second kappa shape index (κ2) is 10.7. The molecule has 2 aliphatic heterocycles.